The average Bonchev–Trinajstić information content (AvgIpc) is 2.66. The third-order valence-electron chi connectivity index (χ3n) is 2.54. The molecule has 1 aromatic heterocycles. The van der Waals surface area contributed by atoms with Gasteiger partial charge in [-0.1, -0.05) is 13.8 Å². The first kappa shape index (κ1) is 13.7. The van der Waals surface area contributed by atoms with E-state index in [1.807, 2.05) is 20.8 Å². The van der Waals surface area contributed by atoms with Crippen LogP contribution in [0.5, 0.6) is 0 Å². The Hall–Kier alpha value is -1.39. The molecule has 0 bridgehead atoms. The Bertz CT molecular complexity index is 375. The van der Waals surface area contributed by atoms with E-state index in [-0.39, 0.29) is 5.92 Å². The van der Waals surface area contributed by atoms with Gasteiger partial charge in [0.2, 0.25) is 0 Å². The van der Waals surface area contributed by atoms with Gasteiger partial charge in [0.05, 0.1) is 0 Å². The Morgan fingerprint density at radius 2 is 1.88 bits per heavy atom. The molecule has 96 valence electrons. The number of rotatable bonds is 4. The van der Waals surface area contributed by atoms with Crippen LogP contribution < -0.4 is 0 Å². The lowest BCUT2D eigenvalue weighted by atomic mass is 9.98. The van der Waals surface area contributed by atoms with Gasteiger partial charge in [0.15, 0.2) is 5.69 Å². The monoisotopic (exact) mass is 239 g/mol. The standard InChI is InChI=1S/C12H21N3O2/c1-6-8(7-2)9-10(14-15-13-9)11(16)17-12(3,4)5/h8H,6-7H2,1-5H3,(H,13,14,15). The van der Waals surface area contributed by atoms with Crippen LogP contribution in [0.4, 0.5) is 0 Å². The highest BCUT2D eigenvalue weighted by Crippen LogP contribution is 2.24. The van der Waals surface area contributed by atoms with Gasteiger partial charge in [-0.3, -0.25) is 0 Å². The minimum Gasteiger partial charge on any atom is -0.455 e. The molecule has 0 amide bonds. The molecule has 0 saturated heterocycles. The van der Waals surface area contributed by atoms with Crippen LogP contribution in [0.2, 0.25) is 0 Å². The Kier molecular flexibility index (Phi) is 4.26. The van der Waals surface area contributed by atoms with Crippen molar-refractivity contribution in [2.75, 3.05) is 0 Å². The van der Waals surface area contributed by atoms with Crippen molar-refractivity contribution in [1.29, 1.82) is 0 Å². The van der Waals surface area contributed by atoms with Crippen LogP contribution in [0.3, 0.4) is 0 Å². The second-order valence-corrected chi connectivity index (χ2v) is 5.07. The molecule has 0 fully saturated rings. The molecule has 1 rings (SSSR count). The number of hydrogen-bond donors (Lipinski definition) is 1. The number of aromatic amines is 1. The number of hydrogen-bond acceptors (Lipinski definition) is 4. The minimum absolute atomic E-state index is 0.247. The van der Waals surface area contributed by atoms with Crippen molar-refractivity contribution in [2.45, 2.75) is 59.0 Å². The van der Waals surface area contributed by atoms with Crippen LogP contribution in [-0.2, 0) is 4.74 Å². The smallest absolute Gasteiger partial charge is 0.361 e. The lowest BCUT2D eigenvalue weighted by Crippen LogP contribution is -2.25. The lowest BCUT2D eigenvalue weighted by molar-refractivity contribution is 0.00609. The van der Waals surface area contributed by atoms with Crippen molar-refractivity contribution in [2.24, 2.45) is 0 Å². The summed E-state index contributed by atoms with van der Waals surface area (Å²) in [6, 6.07) is 0. The Morgan fingerprint density at radius 1 is 1.29 bits per heavy atom. The van der Waals surface area contributed by atoms with E-state index in [2.05, 4.69) is 29.3 Å². The molecule has 0 aliphatic carbocycles. The van der Waals surface area contributed by atoms with E-state index in [9.17, 15) is 4.79 Å². The van der Waals surface area contributed by atoms with Crippen LogP contribution in [0.1, 0.15) is 69.6 Å². The maximum Gasteiger partial charge on any atom is 0.361 e. The van der Waals surface area contributed by atoms with Gasteiger partial charge in [0, 0.05) is 5.92 Å². The fraction of sp³-hybridized carbons (Fsp3) is 0.750. The van der Waals surface area contributed by atoms with Crippen molar-refractivity contribution in [1.82, 2.24) is 15.4 Å². The second-order valence-electron chi connectivity index (χ2n) is 5.07. The van der Waals surface area contributed by atoms with Gasteiger partial charge in [0.25, 0.3) is 0 Å². The van der Waals surface area contributed by atoms with Gasteiger partial charge in [-0.25, -0.2) is 4.79 Å². The lowest BCUT2D eigenvalue weighted by Gasteiger charge is -2.19. The molecule has 1 heterocycles. The molecule has 0 aliphatic heterocycles. The van der Waals surface area contributed by atoms with E-state index in [0.29, 0.717) is 11.4 Å². The number of esters is 1. The van der Waals surface area contributed by atoms with Crippen LogP contribution in [0.15, 0.2) is 0 Å². The van der Waals surface area contributed by atoms with Crippen molar-refractivity contribution >= 4 is 5.97 Å². The van der Waals surface area contributed by atoms with Gasteiger partial charge in [-0.15, -0.1) is 5.10 Å². The molecule has 5 heteroatoms. The number of H-pyrrole nitrogens is 1. The summed E-state index contributed by atoms with van der Waals surface area (Å²) in [5, 5.41) is 10.5. The first-order chi connectivity index (χ1) is 7.89. The van der Waals surface area contributed by atoms with Crippen molar-refractivity contribution in [3.63, 3.8) is 0 Å². The molecule has 0 unspecified atom stereocenters. The molecule has 0 radical (unpaired) electrons. The molecular formula is C12H21N3O2. The average molecular weight is 239 g/mol. The number of carbonyl (C=O) groups is 1. The highest BCUT2D eigenvalue weighted by Gasteiger charge is 2.26. The molecule has 1 N–H and O–H groups in total. The first-order valence-electron chi connectivity index (χ1n) is 6.03. The summed E-state index contributed by atoms with van der Waals surface area (Å²) in [5.74, 6) is -0.163. The van der Waals surface area contributed by atoms with Crippen LogP contribution in [0.25, 0.3) is 0 Å². The number of nitrogens with one attached hydrogen (secondary N) is 1. The summed E-state index contributed by atoms with van der Waals surface area (Å²) >= 11 is 0. The first-order valence-corrected chi connectivity index (χ1v) is 6.03. The third kappa shape index (κ3) is 3.54. The van der Waals surface area contributed by atoms with Crippen molar-refractivity contribution in [3.8, 4) is 0 Å². The molecule has 5 nitrogen and oxygen atoms in total. The summed E-state index contributed by atoms with van der Waals surface area (Å²) in [4.78, 5) is 11.9. The van der Waals surface area contributed by atoms with Crippen LogP contribution in [-0.4, -0.2) is 27.0 Å². The topological polar surface area (TPSA) is 67.9 Å². The zero-order valence-corrected chi connectivity index (χ0v) is 11.2. The fourth-order valence-electron chi connectivity index (χ4n) is 1.68. The normalized spacial score (nSPS) is 11.9. The Labute approximate surface area is 102 Å². The summed E-state index contributed by atoms with van der Waals surface area (Å²) < 4.78 is 5.30. The zero-order valence-electron chi connectivity index (χ0n) is 11.2. The maximum absolute atomic E-state index is 11.9. The molecular weight excluding hydrogens is 218 g/mol. The second kappa shape index (κ2) is 5.29. The largest absolute Gasteiger partial charge is 0.455 e. The molecule has 0 aliphatic rings. The van der Waals surface area contributed by atoms with E-state index in [1.54, 1.807) is 0 Å². The fourth-order valence-corrected chi connectivity index (χ4v) is 1.68. The van der Waals surface area contributed by atoms with Crippen LogP contribution >= 0.6 is 0 Å². The summed E-state index contributed by atoms with van der Waals surface area (Å²) in [6.45, 7) is 9.65. The van der Waals surface area contributed by atoms with Gasteiger partial charge in [-0.2, -0.15) is 10.3 Å². The van der Waals surface area contributed by atoms with E-state index >= 15 is 0 Å². The van der Waals surface area contributed by atoms with Gasteiger partial charge >= 0.3 is 5.97 Å². The van der Waals surface area contributed by atoms with Crippen molar-refractivity contribution in [3.05, 3.63) is 11.4 Å². The molecule has 1 aromatic rings. The van der Waals surface area contributed by atoms with E-state index in [1.165, 1.54) is 0 Å². The van der Waals surface area contributed by atoms with Crippen molar-refractivity contribution < 1.29 is 9.53 Å². The SMILES string of the molecule is CCC(CC)c1n[nH]nc1C(=O)OC(C)(C)C. The number of nitrogens with zero attached hydrogens (tertiary/aromatic N) is 2. The third-order valence-corrected chi connectivity index (χ3v) is 2.54. The molecule has 0 aromatic carbocycles. The number of aromatic nitrogens is 3. The van der Waals surface area contributed by atoms with Gasteiger partial charge in [-0.05, 0) is 33.6 Å². The number of ether oxygens (including phenoxy) is 1. The van der Waals surface area contributed by atoms with Crippen LogP contribution in [0, 0.1) is 0 Å². The molecule has 17 heavy (non-hydrogen) atoms. The highest BCUT2D eigenvalue weighted by atomic mass is 16.6. The Balaban J connectivity index is 2.92. The maximum atomic E-state index is 11.9. The number of carbonyl (C=O) groups excluding carboxylic acids is 1. The highest BCUT2D eigenvalue weighted by molar-refractivity contribution is 5.88. The van der Waals surface area contributed by atoms with E-state index < -0.39 is 11.6 Å². The van der Waals surface area contributed by atoms with Gasteiger partial charge < -0.3 is 4.74 Å². The predicted molar refractivity (Wildman–Crippen MR) is 64.9 cm³/mol. The summed E-state index contributed by atoms with van der Waals surface area (Å²) in [7, 11) is 0. The minimum atomic E-state index is -0.513. The van der Waals surface area contributed by atoms with E-state index in [0.717, 1.165) is 12.8 Å². The van der Waals surface area contributed by atoms with Gasteiger partial charge in [0.1, 0.15) is 11.3 Å². The predicted octanol–water partition coefficient (Wildman–Crippen LogP) is 2.66. The molecule has 0 saturated carbocycles. The molecule has 0 spiro atoms. The summed E-state index contributed by atoms with van der Waals surface area (Å²) in [5.41, 5.74) is 0.513. The quantitative estimate of drug-likeness (QED) is 0.820. The Morgan fingerprint density at radius 3 is 2.35 bits per heavy atom. The molecule has 0 atom stereocenters. The summed E-state index contributed by atoms with van der Waals surface area (Å²) in [6.07, 6.45) is 1.86. The zero-order chi connectivity index (χ0) is 13.1. The van der Waals surface area contributed by atoms with E-state index in [4.69, 9.17) is 4.74 Å².